The van der Waals surface area contributed by atoms with Crippen LogP contribution in [-0.2, 0) is 0 Å². The van der Waals surface area contributed by atoms with Crippen molar-refractivity contribution < 1.29 is 14.4 Å². The fraction of sp³-hybridized carbons (Fsp3) is 0.500. The van der Waals surface area contributed by atoms with Crippen LogP contribution in [0.4, 0.5) is 0 Å². The molecule has 24 heavy (non-hydrogen) atoms. The van der Waals surface area contributed by atoms with Gasteiger partial charge in [-0.2, -0.15) is 0 Å². The van der Waals surface area contributed by atoms with Crippen LogP contribution in [0.1, 0.15) is 57.3 Å². The van der Waals surface area contributed by atoms with Gasteiger partial charge in [-0.1, -0.05) is 13.3 Å². The summed E-state index contributed by atoms with van der Waals surface area (Å²) in [5, 5.41) is 0. The number of hydrogen-bond donors (Lipinski definition) is 1. The summed E-state index contributed by atoms with van der Waals surface area (Å²) in [6, 6.07) is 4.82. The summed E-state index contributed by atoms with van der Waals surface area (Å²) in [4.78, 5) is 40.5. The van der Waals surface area contributed by atoms with Crippen LogP contribution in [0.5, 0.6) is 0 Å². The predicted molar refractivity (Wildman–Crippen MR) is 89.8 cm³/mol. The van der Waals surface area contributed by atoms with Gasteiger partial charge in [0.15, 0.2) is 0 Å². The molecule has 2 N–H and O–H groups in total. The Labute approximate surface area is 141 Å². The topological polar surface area (TPSA) is 83.7 Å². The van der Waals surface area contributed by atoms with Gasteiger partial charge >= 0.3 is 0 Å². The molecule has 0 bridgehead atoms. The quantitative estimate of drug-likeness (QED) is 0.830. The fourth-order valence-corrected chi connectivity index (χ4v) is 3.34. The molecule has 0 saturated carbocycles. The Balaban J connectivity index is 1.81. The lowest BCUT2D eigenvalue weighted by molar-refractivity contribution is 0.0652. The first-order valence-corrected chi connectivity index (χ1v) is 8.56. The highest BCUT2D eigenvalue weighted by atomic mass is 16.2. The Morgan fingerprint density at radius 2 is 2.00 bits per heavy atom. The molecule has 0 radical (unpaired) electrons. The summed E-state index contributed by atoms with van der Waals surface area (Å²) in [7, 11) is 0. The molecule has 6 nitrogen and oxygen atoms in total. The Morgan fingerprint density at radius 1 is 1.25 bits per heavy atom. The highest BCUT2D eigenvalue weighted by Gasteiger charge is 2.36. The van der Waals surface area contributed by atoms with Crippen molar-refractivity contribution in [3.05, 3.63) is 34.9 Å². The molecule has 6 heteroatoms. The van der Waals surface area contributed by atoms with Crippen molar-refractivity contribution in [2.24, 2.45) is 11.7 Å². The molecular weight excluding hydrogens is 306 g/mol. The standard InChI is InChI=1S/C18H23N3O3/c1-2-3-7-21-17(23)14-5-4-13(9-15(14)18(21)24)16(22)20-8-6-12(10-19)11-20/h4-5,9,12H,2-3,6-8,10-11,19H2,1H3. The molecule has 128 valence electrons. The molecule has 1 fully saturated rings. The van der Waals surface area contributed by atoms with E-state index in [1.165, 1.54) is 4.90 Å². The third kappa shape index (κ3) is 2.82. The van der Waals surface area contributed by atoms with Crippen LogP contribution >= 0.6 is 0 Å². The Morgan fingerprint density at radius 3 is 2.67 bits per heavy atom. The van der Waals surface area contributed by atoms with Crippen molar-refractivity contribution >= 4 is 17.7 Å². The predicted octanol–water partition coefficient (Wildman–Crippen LogP) is 1.50. The molecule has 0 spiro atoms. The lowest BCUT2D eigenvalue weighted by Crippen LogP contribution is -2.30. The van der Waals surface area contributed by atoms with Crippen molar-refractivity contribution in [1.82, 2.24) is 9.80 Å². The van der Waals surface area contributed by atoms with Crippen molar-refractivity contribution in [2.45, 2.75) is 26.2 Å². The molecule has 3 rings (SSSR count). The highest BCUT2D eigenvalue weighted by molar-refractivity contribution is 6.22. The molecule has 1 atom stereocenters. The molecule has 1 saturated heterocycles. The van der Waals surface area contributed by atoms with Crippen LogP contribution in [0, 0.1) is 5.92 Å². The number of rotatable bonds is 5. The molecule has 2 aliphatic rings. The van der Waals surface area contributed by atoms with Gasteiger partial charge in [-0.15, -0.1) is 0 Å². The van der Waals surface area contributed by atoms with Crippen molar-refractivity contribution in [2.75, 3.05) is 26.2 Å². The van der Waals surface area contributed by atoms with E-state index in [0.29, 0.717) is 48.8 Å². The van der Waals surface area contributed by atoms with E-state index in [1.807, 2.05) is 6.92 Å². The molecule has 3 amide bonds. The molecular formula is C18H23N3O3. The smallest absolute Gasteiger partial charge is 0.261 e. The second-order valence-electron chi connectivity index (χ2n) is 6.52. The van der Waals surface area contributed by atoms with Gasteiger partial charge < -0.3 is 10.6 Å². The van der Waals surface area contributed by atoms with E-state index >= 15 is 0 Å². The summed E-state index contributed by atoms with van der Waals surface area (Å²) >= 11 is 0. The summed E-state index contributed by atoms with van der Waals surface area (Å²) in [5.41, 5.74) is 6.88. The molecule has 1 aromatic carbocycles. The minimum absolute atomic E-state index is 0.0963. The fourth-order valence-electron chi connectivity index (χ4n) is 3.34. The van der Waals surface area contributed by atoms with E-state index in [1.54, 1.807) is 23.1 Å². The average Bonchev–Trinajstić information content (AvgIpc) is 3.17. The number of amides is 3. The maximum Gasteiger partial charge on any atom is 0.261 e. The summed E-state index contributed by atoms with van der Waals surface area (Å²) < 4.78 is 0. The number of carbonyl (C=O) groups excluding carboxylic acids is 3. The number of hydrogen-bond acceptors (Lipinski definition) is 4. The van der Waals surface area contributed by atoms with Crippen molar-refractivity contribution in [3.63, 3.8) is 0 Å². The number of unbranched alkanes of at least 4 members (excludes halogenated alkanes) is 1. The zero-order valence-electron chi connectivity index (χ0n) is 14.0. The van der Waals surface area contributed by atoms with Gasteiger partial charge in [-0.25, -0.2) is 0 Å². The van der Waals surface area contributed by atoms with Crippen LogP contribution < -0.4 is 5.73 Å². The van der Waals surface area contributed by atoms with E-state index in [0.717, 1.165) is 19.3 Å². The van der Waals surface area contributed by atoms with Crippen LogP contribution in [0.2, 0.25) is 0 Å². The Bertz CT molecular complexity index is 686. The van der Waals surface area contributed by atoms with Gasteiger partial charge in [-0.05, 0) is 43.5 Å². The lowest BCUT2D eigenvalue weighted by atomic mass is 10.0. The first-order valence-electron chi connectivity index (χ1n) is 8.56. The minimum Gasteiger partial charge on any atom is -0.338 e. The number of nitrogens with zero attached hydrogens (tertiary/aromatic N) is 2. The second-order valence-corrected chi connectivity index (χ2v) is 6.52. The lowest BCUT2D eigenvalue weighted by Gasteiger charge is -2.16. The number of fused-ring (bicyclic) bond motifs is 1. The Kier molecular flexibility index (Phi) is 4.66. The van der Waals surface area contributed by atoms with Gasteiger partial charge in [0.2, 0.25) is 0 Å². The van der Waals surface area contributed by atoms with Crippen LogP contribution in [-0.4, -0.2) is 53.7 Å². The maximum absolute atomic E-state index is 12.6. The van der Waals surface area contributed by atoms with Gasteiger partial charge in [0.05, 0.1) is 11.1 Å². The van der Waals surface area contributed by atoms with Crippen LogP contribution in [0.25, 0.3) is 0 Å². The summed E-state index contributed by atoms with van der Waals surface area (Å²) in [6.45, 7) is 4.36. The van der Waals surface area contributed by atoms with Crippen LogP contribution in [0.15, 0.2) is 18.2 Å². The molecule has 1 aromatic rings. The van der Waals surface area contributed by atoms with Gasteiger partial charge in [0.25, 0.3) is 17.7 Å². The van der Waals surface area contributed by atoms with E-state index in [9.17, 15) is 14.4 Å². The number of likely N-dealkylation sites (tertiary alicyclic amines) is 1. The Hall–Kier alpha value is -2.21. The molecule has 2 heterocycles. The van der Waals surface area contributed by atoms with Gasteiger partial charge in [-0.3, -0.25) is 19.3 Å². The molecule has 1 unspecified atom stereocenters. The summed E-state index contributed by atoms with van der Waals surface area (Å²) in [6.07, 6.45) is 2.61. The molecule has 2 aliphatic heterocycles. The van der Waals surface area contributed by atoms with E-state index in [2.05, 4.69) is 0 Å². The number of benzene rings is 1. The zero-order valence-corrected chi connectivity index (χ0v) is 14.0. The largest absolute Gasteiger partial charge is 0.338 e. The van der Waals surface area contributed by atoms with Gasteiger partial charge in [0, 0.05) is 25.2 Å². The maximum atomic E-state index is 12.6. The van der Waals surface area contributed by atoms with Crippen molar-refractivity contribution in [3.8, 4) is 0 Å². The molecule has 0 aliphatic carbocycles. The minimum atomic E-state index is -0.292. The van der Waals surface area contributed by atoms with Crippen LogP contribution in [0.3, 0.4) is 0 Å². The van der Waals surface area contributed by atoms with E-state index in [4.69, 9.17) is 5.73 Å². The number of carbonyl (C=O) groups is 3. The normalized spacial score (nSPS) is 20.0. The first-order chi connectivity index (χ1) is 11.6. The third-order valence-electron chi connectivity index (χ3n) is 4.86. The second kappa shape index (κ2) is 6.73. The number of imide groups is 1. The average molecular weight is 329 g/mol. The number of nitrogens with two attached hydrogens (primary N) is 1. The molecule has 0 aromatic heterocycles. The monoisotopic (exact) mass is 329 g/mol. The SMILES string of the molecule is CCCCN1C(=O)c2ccc(C(=O)N3CCC(CN)C3)cc2C1=O. The first kappa shape index (κ1) is 16.6. The van der Waals surface area contributed by atoms with E-state index in [-0.39, 0.29) is 17.7 Å². The zero-order chi connectivity index (χ0) is 17.3. The van der Waals surface area contributed by atoms with Crippen molar-refractivity contribution in [1.29, 1.82) is 0 Å². The van der Waals surface area contributed by atoms with E-state index < -0.39 is 0 Å². The third-order valence-corrected chi connectivity index (χ3v) is 4.86. The van der Waals surface area contributed by atoms with Gasteiger partial charge in [0.1, 0.15) is 0 Å². The summed E-state index contributed by atoms with van der Waals surface area (Å²) in [5.74, 6) is -0.302. The highest BCUT2D eigenvalue weighted by Crippen LogP contribution is 2.26.